The van der Waals surface area contributed by atoms with Gasteiger partial charge < -0.3 is 9.79 Å². The maximum absolute atomic E-state index is 7.72. The molecule has 0 fully saturated rings. The molecule has 0 spiro atoms. The van der Waals surface area contributed by atoms with Crippen LogP contribution in [0.5, 0.6) is 0 Å². The molecule has 61 heavy (non-hydrogen) atoms. The maximum atomic E-state index is 7.72. The zero-order valence-corrected chi connectivity index (χ0v) is 41.5. The molecule has 2 atom stereocenters. The Morgan fingerprint density at radius 1 is 0.361 bits per heavy atom. The van der Waals surface area contributed by atoms with Gasteiger partial charge in [0.25, 0.3) is 0 Å². The molecule has 0 bridgehead atoms. The van der Waals surface area contributed by atoms with E-state index in [4.69, 9.17) is 9.79 Å². The molecule has 6 aromatic rings. The number of aryl methyl sites for hydroxylation is 4. The summed E-state index contributed by atoms with van der Waals surface area (Å²) in [4.78, 5) is 15.4. The van der Waals surface area contributed by atoms with Crippen molar-refractivity contribution in [1.29, 1.82) is 0 Å². The first kappa shape index (κ1) is 46.6. The van der Waals surface area contributed by atoms with E-state index in [2.05, 4.69) is 212 Å². The standard InChI is InChI=1S/C56H64.H4O3P2/c1-33-21-25-39(43(29-33)53(5,6)7)49-47-37-19-17-18-20-38(37)48(47)50(40-26-22-34(2)30-44(40)54(8,9)10)52(42-28-24-36(4)32-46(42)56(14,15)16)51(49)41-27-23-35(3)31-45(41)55(11,12)13;1-4-3-5-2/h17-32H,1-16H3;1-2,4-5H. The Kier molecular flexibility index (Phi) is 13.2. The Balaban J connectivity index is 0.00000118. The minimum absolute atomic E-state index is 0.0788. The summed E-state index contributed by atoms with van der Waals surface area (Å²) in [5.41, 5.74) is 21.1. The van der Waals surface area contributed by atoms with Gasteiger partial charge in [0.15, 0.2) is 18.1 Å². The van der Waals surface area contributed by atoms with Crippen LogP contribution in [0.25, 0.3) is 44.5 Å². The summed E-state index contributed by atoms with van der Waals surface area (Å²) in [6.07, 6.45) is 0. The monoisotopic (exact) mass is 850 g/mol. The van der Waals surface area contributed by atoms with Crippen LogP contribution >= 0.6 is 18.1 Å². The molecule has 0 saturated carbocycles. The SMILES string of the molecule is Cc1ccc(-c2c(-c3ccc(C)cc3C(C)(C)C)c(-c3ccc(C)cc3C(C)(C)C)c3c(c2-c2ccc(C)cc2C(C)(C)C)=c2ccccc2=3)c(C(C)(C)C)c1.OPOPO. The van der Waals surface area contributed by atoms with Crippen LogP contribution in [-0.4, -0.2) is 9.79 Å². The summed E-state index contributed by atoms with van der Waals surface area (Å²) in [6.45, 7) is 37.6. The zero-order valence-electron chi connectivity index (χ0n) is 39.5. The van der Waals surface area contributed by atoms with Crippen LogP contribution in [0.15, 0.2) is 97.1 Å². The van der Waals surface area contributed by atoms with E-state index in [0.717, 1.165) is 0 Å². The first-order valence-corrected chi connectivity index (χ1v) is 23.3. The van der Waals surface area contributed by atoms with E-state index in [9.17, 15) is 0 Å². The molecule has 2 unspecified atom stereocenters. The molecule has 0 amide bonds. The average Bonchev–Trinajstić information content (AvgIpc) is 3.15. The number of fused-ring (bicyclic) bond motifs is 2. The minimum atomic E-state index is -0.580. The van der Waals surface area contributed by atoms with E-state index >= 15 is 0 Å². The molecular weight excluding hydrogens is 783 g/mol. The topological polar surface area (TPSA) is 49.7 Å². The second-order valence-corrected chi connectivity index (χ2v) is 22.5. The number of rotatable bonds is 6. The Labute approximate surface area is 370 Å². The van der Waals surface area contributed by atoms with E-state index in [-0.39, 0.29) is 21.7 Å². The fraction of sp³-hybridized carbons (Fsp3) is 0.357. The molecule has 0 aromatic heterocycles. The lowest BCUT2D eigenvalue weighted by Crippen LogP contribution is -2.18. The Hall–Kier alpha value is -3.94. The first-order chi connectivity index (χ1) is 28.4. The Morgan fingerprint density at radius 3 is 0.820 bits per heavy atom. The molecule has 320 valence electrons. The van der Waals surface area contributed by atoms with Gasteiger partial charge in [-0.2, -0.15) is 0 Å². The molecule has 1 aliphatic carbocycles. The third-order valence-corrected chi connectivity index (χ3v) is 12.8. The van der Waals surface area contributed by atoms with Crippen molar-refractivity contribution in [1.82, 2.24) is 0 Å². The molecule has 0 saturated heterocycles. The summed E-state index contributed by atoms with van der Waals surface area (Å²) in [5, 5.41) is 5.46. The van der Waals surface area contributed by atoms with Crippen LogP contribution in [0.2, 0.25) is 0 Å². The van der Waals surface area contributed by atoms with Gasteiger partial charge in [-0.3, -0.25) is 4.31 Å². The number of hydrogen-bond donors (Lipinski definition) is 2. The van der Waals surface area contributed by atoms with E-state index in [1.165, 1.54) is 110 Å². The van der Waals surface area contributed by atoms with Gasteiger partial charge in [-0.25, -0.2) is 0 Å². The highest BCUT2D eigenvalue weighted by atomic mass is 31.2. The zero-order chi connectivity index (χ0) is 45.0. The second kappa shape index (κ2) is 17.3. The quantitative estimate of drug-likeness (QED) is 0.164. The molecule has 0 radical (unpaired) electrons. The van der Waals surface area contributed by atoms with Crippen LogP contribution in [-0.2, 0) is 26.0 Å². The van der Waals surface area contributed by atoms with Crippen molar-refractivity contribution in [2.75, 3.05) is 0 Å². The van der Waals surface area contributed by atoms with Crippen molar-refractivity contribution in [3.63, 3.8) is 0 Å². The summed E-state index contributed by atoms with van der Waals surface area (Å²) in [6, 6.07) is 38.2. The fourth-order valence-electron chi connectivity index (χ4n) is 9.23. The van der Waals surface area contributed by atoms with Gasteiger partial charge >= 0.3 is 0 Å². The third kappa shape index (κ3) is 9.25. The Morgan fingerprint density at radius 2 is 0.607 bits per heavy atom. The van der Waals surface area contributed by atoms with Gasteiger partial charge in [-0.15, -0.1) is 0 Å². The molecule has 7 rings (SSSR count). The van der Waals surface area contributed by atoms with Crippen LogP contribution in [0, 0.1) is 48.6 Å². The highest BCUT2D eigenvalue weighted by Crippen LogP contribution is 2.54. The van der Waals surface area contributed by atoms with Crippen LogP contribution in [0.1, 0.15) is 128 Å². The molecule has 0 heterocycles. The first-order valence-electron chi connectivity index (χ1n) is 21.6. The lowest BCUT2D eigenvalue weighted by molar-refractivity contribution is 0.496. The summed E-state index contributed by atoms with van der Waals surface area (Å²) >= 11 is 0. The lowest BCUT2D eigenvalue weighted by Gasteiger charge is -2.34. The normalized spacial score (nSPS) is 13.0. The lowest BCUT2D eigenvalue weighted by atomic mass is 9.69. The smallest absolute Gasteiger partial charge is 0.158 e. The summed E-state index contributed by atoms with van der Waals surface area (Å²) in [5.74, 6) is 0. The van der Waals surface area contributed by atoms with Crippen LogP contribution < -0.4 is 0 Å². The molecule has 0 aliphatic heterocycles. The van der Waals surface area contributed by atoms with Gasteiger partial charge in [0, 0.05) is 0 Å². The van der Waals surface area contributed by atoms with Crippen molar-refractivity contribution in [2.24, 2.45) is 0 Å². The van der Waals surface area contributed by atoms with Gasteiger partial charge in [0.05, 0.1) is 0 Å². The highest BCUT2D eigenvalue weighted by molar-refractivity contribution is 7.39. The third-order valence-electron chi connectivity index (χ3n) is 12.1. The predicted molar refractivity (Wildman–Crippen MR) is 266 cm³/mol. The van der Waals surface area contributed by atoms with Gasteiger partial charge in [0.2, 0.25) is 0 Å². The van der Waals surface area contributed by atoms with Crippen molar-refractivity contribution >= 4 is 18.1 Å². The van der Waals surface area contributed by atoms with E-state index in [1.807, 2.05) is 0 Å². The summed E-state index contributed by atoms with van der Waals surface area (Å²) in [7, 11) is -1.16. The summed E-state index contributed by atoms with van der Waals surface area (Å²) < 4.78 is 4.00. The number of benzene rings is 6. The maximum Gasteiger partial charge on any atom is 0.158 e. The minimum Gasteiger partial charge on any atom is -0.352 e. The van der Waals surface area contributed by atoms with Crippen molar-refractivity contribution < 1.29 is 14.1 Å². The van der Waals surface area contributed by atoms with E-state index < -0.39 is 18.1 Å². The van der Waals surface area contributed by atoms with Crippen LogP contribution in [0.4, 0.5) is 0 Å². The average molecular weight is 851 g/mol. The van der Waals surface area contributed by atoms with Gasteiger partial charge in [-0.1, -0.05) is 202 Å². The number of hydrogen-bond acceptors (Lipinski definition) is 3. The van der Waals surface area contributed by atoms with Gasteiger partial charge in [-0.05, 0) is 137 Å². The second-order valence-electron chi connectivity index (χ2n) is 21.3. The van der Waals surface area contributed by atoms with Crippen molar-refractivity contribution in [3.05, 3.63) is 162 Å². The molecule has 3 nitrogen and oxygen atoms in total. The molecule has 2 N–H and O–H groups in total. The largest absolute Gasteiger partial charge is 0.352 e. The van der Waals surface area contributed by atoms with Gasteiger partial charge in [0.1, 0.15) is 0 Å². The molecular formula is C56H68O3P2. The predicted octanol–water partition coefficient (Wildman–Crippen LogP) is 15.7. The van der Waals surface area contributed by atoms with E-state index in [1.54, 1.807) is 0 Å². The molecule has 1 aliphatic rings. The van der Waals surface area contributed by atoms with E-state index in [0.29, 0.717) is 0 Å². The van der Waals surface area contributed by atoms with Crippen LogP contribution in [0.3, 0.4) is 0 Å². The molecule has 6 aromatic carbocycles. The van der Waals surface area contributed by atoms with Crippen molar-refractivity contribution in [3.8, 4) is 44.5 Å². The molecule has 5 heteroatoms. The Bertz CT molecular complexity index is 2630. The van der Waals surface area contributed by atoms with Crippen molar-refractivity contribution in [2.45, 2.75) is 132 Å². The fourth-order valence-corrected chi connectivity index (χ4v) is 9.39. The highest BCUT2D eigenvalue weighted by Gasteiger charge is 2.34.